The van der Waals surface area contributed by atoms with E-state index >= 15 is 0 Å². The Balaban J connectivity index is 4.95. The van der Waals surface area contributed by atoms with Crippen molar-refractivity contribution < 1.29 is 26.3 Å². The van der Waals surface area contributed by atoms with E-state index in [9.17, 15) is 26.3 Å². The summed E-state index contributed by atoms with van der Waals surface area (Å²) in [6.07, 6.45) is -10.8. The monoisotopic (exact) mass is 326 g/mol. The summed E-state index contributed by atoms with van der Waals surface area (Å²) in [7, 11) is 0. The highest BCUT2D eigenvalue weighted by Gasteiger charge is 2.68. The van der Waals surface area contributed by atoms with Crippen LogP contribution >= 0.6 is 34.2 Å². The Morgan fingerprint density at radius 3 is 1.17 bits per heavy atom. The standard InChI is InChI=1S/C4H2ClF6I/c5-1-2(12,3(6,7)8)4(9,10)11/h1H2. The second kappa shape index (κ2) is 3.39. The number of hydrogen-bond acceptors (Lipinski definition) is 0. The third kappa shape index (κ3) is 2.09. The van der Waals surface area contributed by atoms with Crippen LogP contribution in [0.5, 0.6) is 0 Å². The molecule has 0 nitrogen and oxygen atoms in total. The van der Waals surface area contributed by atoms with Crippen molar-refractivity contribution in [1.82, 2.24) is 0 Å². The van der Waals surface area contributed by atoms with Gasteiger partial charge in [0.15, 0.2) is 0 Å². The average Bonchev–Trinajstić information content (AvgIpc) is 1.81. The molecule has 0 aromatic heterocycles. The minimum Gasteiger partial charge on any atom is -0.169 e. The first kappa shape index (κ1) is 12.6. The van der Waals surface area contributed by atoms with Gasteiger partial charge in [0.1, 0.15) is 0 Å². The van der Waals surface area contributed by atoms with Crippen molar-refractivity contribution in [2.45, 2.75) is 15.8 Å². The van der Waals surface area contributed by atoms with E-state index in [4.69, 9.17) is 0 Å². The highest BCUT2D eigenvalue weighted by atomic mass is 127. The molecule has 0 fully saturated rings. The second-order valence-electron chi connectivity index (χ2n) is 1.93. The van der Waals surface area contributed by atoms with E-state index < -0.39 is 21.7 Å². The fourth-order valence-corrected chi connectivity index (χ4v) is 0.615. The minimum atomic E-state index is -5.38. The first-order valence-electron chi connectivity index (χ1n) is 2.44. The van der Waals surface area contributed by atoms with Crippen molar-refractivity contribution in [2.75, 3.05) is 5.88 Å². The topological polar surface area (TPSA) is 0 Å². The predicted octanol–water partition coefficient (Wildman–Crippen LogP) is 3.52. The zero-order chi connectivity index (χ0) is 10.2. The molecule has 0 N–H and O–H groups in total. The molecule has 0 spiro atoms. The van der Waals surface area contributed by atoms with Gasteiger partial charge in [0.05, 0.1) is 5.88 Å². The summed E-state index contributed by atoms with van der Waals surface area (Å²) in [6, 6.07) is 0. The Hall–Kier alpha value is 0.600. The van der Waals surface area contributed by atoms with E-state index in [2.05, 4.69) is 11.6 Å². The van der Waals surface area contributed by atoms with E-state index in [-0.39, 0.29) is 22.6 Å². The Bertz CT molecular complexity index is 146. The van der Waals surface area contributed by atoms with E-state index in [0.29, 0.717) is 0 Å². The van der Waals surface area contributed by atoms with E-state index in [1.807, 2.05) is 0 Å². The highest BCUT2D eigenvalue weighted by Crippen LogP contribution is 2.50. The van der Waals surface area contributed by atoms with Gasteiger partial charge in [-0.2, -0.15) is 26.3 Å². The van der Waals surface area contributed by atoms with Crippen molar-refractivity contribution in [3.63, 3.8) is 0 Å². The molecule has 0 rings (SSSR count). The van der Waals surface area contributed by atoms with Crippen LogP contribution in [0.4, 0.5) is 26.3 Å². The lowest BCUT2D eigenvalue weighted by molar-refractivity contribution is -0.251. The van der Waals surface area contributed by atoms with Gasteiger partial charge in [-0.05, 0) is 0 Å². The SMILES string of the molecule is FC(F)(F)C(I)(CCl)C(F)(F)F. The molecule has 0 amide bonds. The summed E-state index contributed by atoms with van der Waals surface area (Å²) in [4.78, 5) is 0. The van der Waals surface area contributed by atoms with Gasteiger partial charge >= 0.3 is 12.4 Å². The van der Waals surface area contributed by atoms with Gasteiger partial charge in [0.25, 0.3) is 0 Å². The van der Waals surface area contributed by atoms with Crippen LogP contribution in [0.3, 0.4) is 0 Å². The number of rotatable bonds is 1. The molecule has 0 bridgehead atoms. The normalized spacial score (nSPS) is 15.0. The van der Waals surface area contributed by atoms with Crippen LogP contribution in [-0.2, 0) is 0 Å². The van der Waals surface area contributed by atoms with E-state index in [1.54, 1.807) is 0 Å². The number of alkyl halides is 8. The smallest absolute Gasteiger partial charge is 0.169 e. The van der Waals surface area contributed by atoms with Crippen LogP contribution in [0.2, 0.25) is 0 Å². The summed E-state index contributed by atoms with van der Waals surface area (Å²) >= 11 is 4.90. The minimum absolute atomic E-state index is 0.270. The summed E-state index contributed by atoms with van der Waals surface area (Å²) in [5.41, 5.74) is 0. The Morgan fingerprint density at radius 2 is 1.17 bits per heavy atom. The van der Waals surface area contributed by atoms with Crippen molar-refractivity contribution in [2.24, 2.45) is 0 Å². The Morgan fingerprint density at radius 1 is 0.917 bits per heavy atom. The lowest BCUT2D eigenvalue weighted by atomic mass is 10.1. The van der Waals surface area contributed by atoms with Gasteiger partial charge < -0.3 is 0 Å². The molecule has 74 valence electrons. The molecule has 0 aromatic carbocycles. The Labute approximate surface area is 82.4 Å². The summed E-state index contributed by atoms with van der Waals surface area (Å²) in [6.45, 7) is 0. The fourth-order valence-electron chi connectivity index (χ4n) is 0.312. The van der Waals surface area contributed by atoms with E-state index in [0.717, 1.165) is 0 Å². The van der Waals surface area contributed by atoms with Crippen LogP contribution in [0, 0.1) is 0 Å². The molecule has 0 aliphatic carbocycles. The summed E-state index contributed by atoms with van der Waals surface area (Å²) in [5.74, 6) is -1.54. The summed E-state index contributed by atoms with van der Waals surface area (Å²) in [5, 5.41) is 0. The van der Waals surface area contributed by atoms with E-state index in [1.165, 1.54) is 0 Å². The first-order valence-corrected chi connectivity index (χ1v) is 4.06. The molecular weight excluding hydrogens is 324 g/mol. The quantitative estimate of drug-likeness (QED) is 0.393. The Kier molecular flexibility index (Phi) is 3.56. The van der Waals surface area contributed by atoms with Gasteiger partial charge in [-0.25, -0.2) is 0 Å². The third-order valence-corrected chi connectivity index (χ3v) is 3.54. The summed E-state index contributed by atoms with van der Waals surface area (Å²) < 4.78 is 66.9. The molecule has 0 unspecified atom stereocenters. The van der Waals surface area contributed by atoms with Gasteiger partial charge in [-0.1, -0.05) is 22.6 Å². The zero-order valence-electron chi connectivity index (χ0n) is 5.23. The molecule has 0 aliphatic rings. The molecule has 0 heterocycles. The number of halogens is 8. The maximum Gasteiger partial charge on any atom is 0.413 e. The molecule has 0 radical (unpaired) electrons. The fraction of sp³-hybridized carbons (Fsp3) is 1.00. The van der Waals surface area contributed by atoms with Crippen molar-refractivity contribution >= 4 is 34.2 Å². The zero-order valence-corrected chi connectivity index (χ0v) is 8.14. The van der Waals surface area contributed by atoms with Crippen molar-refractivity contribution in [3.8, 4) is 0 Å². The largest absolute Gasteiger partial charge is 0.413 e. The molecule has 0 saturated heterocycles. The van der Waals surface area contributed by atoms with Gasteiger partial charge in [0.2, 0.25) is 3.42 Å². The van der Waals surface area contributed by atoms with Crippen LogP contribution in [0.1, 0.15) is 0 Å². The molecular formula is C4H2ClF6I. The second-order valence-corrected chi connectivity index (χ2v) is 4.04. The maximum absolute atomic E-state index is 11.8. The van der Waals surface area contributed by atoms with Gasteiger partial charge in [0, 0.05) is 0 Å². The van der Waals surface area contributed by atoms with Gasteiger partial charge in [-0.3, -0.25) is 0 Å². The van der Waals surface area contributed by atoms with Crippen molar-refractivity contribution in [1.29, 1.82) is 0 Å². The predicted molar refractivity (Wildman–Crippen MR) is 39.6 cm³/mol. The maximum atomic E-state index is 11.8. The molecule has 0 aliphatic heterocycles. The van der Waals surface area contributed by atoms with Gasteiger partial charge in [-0.15, -0.1) is 11.6 Å². The molecule has 0 aromatic rings. The highest BCUT2D eigenvalue weighted by molar-refractivity contribution is 14.1. The van der Waals surface area contributed by atoms with Crippen LogP contribution < -0.4 is 0 Å². The van der Waals surface area contributed by atoms with Crippen LogP contribution in [0.15, 0.2) is 0 Å². The third-order valence-electron chi connectivity index (χ3n) is 1.08. The molecule has 0 saturated carbocycles. The lowest BCUT2D eigenvalue weighted by Crippen LogP contribution is -2.53. The number of hydrogen-bond donors (Lipinski definition) is 0. The lowest BCUT2D eigenvalue weighted by Gasteiger charge is -2.29. The molecule has 12 heavy (non-hydrogen) atoms. The average molecular weight is 326 g/mol. The van der Waals surface area contributed by atoms with Crippen molar-refractivity contribution in [3.05, 3.63) is 0 Å². The molecule has 8 heteroatoms. The molecule has 0 atom stereocenters. The van der Waals surface area contributed by atoms with Crippen LogP contribution in [-0.4, -0.2) is 21.7 Å². The first-order chi connectivity index (χ1) is 5.06. The van der Waals surface area contributed by atoms with Crippen LogP contribution in [0.25, 0.3) is 0 Å².